The fraction of sp³-hybridized carbons (Fsp3) is 0.917. The Balaban J connectivity index is 2.22. The summed E-state index contributed by atoms with van der Waals surface area (Å²) < 4.78 is 7.29. The zero-order valence-electron chi connectivity index (χ0n) is 11.7. The summed E-state index contributed by atoms with van der Waals surface area (Å²) in [6, 6.07) is 0. The second-order valence-corrected chi connectivity index (χ2v) is 4.81. The Morgan fingerprint density at radius 3 is 2.89 bits per heavy atom. The molecule has 1 N–H and O–H groups in total. The van der Waals surface area contributed by atoms with Crippen LogP contribution < -0.4 is 5.32 Å². The molecule has 0 aliphatic rings. The van der Waals surface area contributed by atoms with E-state index in [1.807, 2.05) is 4.68 Å². The lowest BCUT2D eigenvalue weighted by Gasteiger charge is -2.08. The number of hydrogen-bond donors (Lipinski definition) is 1. The molecule has 0 unspecified atom stereocenters. The minimum absolute atomic E-state index is 0.636. The molecule has 1 aromatic rings. The SMILES string of the molecule is CCCOCCCn1nnnc1CNCC(C)C. The molecule has 0 aliphatic heterocycles. The summed E-state index contributed by atoms with van der Waals surface area (Å²) in [6.07, 6.45) is 2.01. The maximum Gasteiger partial charge on any atom is 0.165 e. The summed E-state index contributed by atoms with van der Waals surface area (Å²) in [5.74, 6) is 1.53. The highest BCUT2D eigenvalue weighted by atomic mass is 16.5. The molecule has 18 heavy (non-hydrogen) atoms. The molecule has 6 nitrogen and oxygen atoms in total. The second kappa shape index (κ2) is 8.99. The zero-order valence-corrected chi connectivity index (χ0v) is 11.7. The normalized spacial score (nSPS) is 11.3. The van der Waals surface area contributed by atoms with Gasteiger partial charge in [0.05, 0.1) is 6.54 Å². The fourth-order valence-corrected chi connectivity index (χ4v) is 1.56. The monoisotopic (exact) mass is 255 g/mol. The highest BCUT2D eigenvalue weighted by Gasteiger charge is 2.05. The summed E-state index contributed by atoms with van der Waals surface area (Å²) in [5, 5.41) is 15.1. The van der Waals surface area contributed by atoms with Gasteiger partial charge in [-0.2, -0.15) is 0 Å². The van der Waals surface area contributed by atoms with E-state index in [2.05, 4.69) is 41.6 Å². The predicted octanol–water partition coefficient (Wildman–Crippen LogP) is 1.24. The molecule has 0 radical (unpaired) electrons. The molecule has 0 aromatic carbocycles. The van der Waals surface area contributed by atoms with Crippen LogP contribution in [0.4, 0.5) is 0 Å². The Morgan fingerprint density at radius 1 is 1.33 bits per heavy atom. The highest BCUT2D eigenvalue weighted by molar-refractivity contribution is 4.79. The molecule has 1 aromatic heterocycles. The Morgan fingerprint density at radius 2 is 2.17 bits per heavy atom. The van der Waals surface area contributed by atoms with Crippen molar-refractivity contribution in [3.05, 3.63) is 5.82 Å². The second-order valence-electron chi connectivity index (χ2n) is 4.81. The van der Waals surface area contributed by atoms with Crippen LogP contribution in [0.5, 0.6) is 0 Å². The number of rotatable bonds is 10. The van der Waals surface area contributed by atoms with Gasteiger partial charge in [0, 0.05) is 19.8 Å². The number of tetrazole rings is 1. The molecular formula is C12H25N5O. The molecule has 0 bridgehead atoms. The molecule has 0 spiro atoms. The standard InChI is InChI=1S/C12H25N5O/c1-4-7-18-8-5-6-17-12(14-15-16-17)10-13-9-11(2)3/h11,13H,4-10H2,1-3H3. The average molecular weight is 255 g/mol. The molecule has 0 atom stereocenters. The maximum atomic E-state index is 5.44. The van der Waals surface area contributed by atoms with Crippen LogP contribution in [0.25, 0.3) is 0 Å². The number of nitrogens with one attached hydrogen (secondary N) is 1. The molecule has 6 heteroatoms. The van der Waals surface area contributed by atoms with Gasteiger partial charge in [-0.3, -0.25) is 0 Å². The van der Waals surface area contributed by atoms with Crippen molar-refractivity contribution >= 4 is 0 Å². The van der Waals surface area contributed by atoms with Crippen LogP contribution >= 0.6 is 0 Å². The summed E-state index contributed by atoms with van der Waals surface area (Å²) >= 11 is 0. The number of hydrogen-bond acceptors (Lipinski definition) is 5. The zero-order chi connectivity index (χ0) is 13.2. The van der Waals surface area contributed by atoms with Crippen molar-refractivity contribution in [2.24, 2.45) is 5.92 Å². The van der Waals surface area contributed by atoms with Crippen molar-refractivity contribution < 1.29 is 4.74 Å². The molecule has 104 valence electrons. The van der Waals surface area contributed by atoms with E-state index in [0.29, 0.717) is 5.92 Å². The number of nitrogens with zero attached hydrogens (tertiary/aromatic N) is 4. The average Bonchev–Trinajstić information content (AvgIpc) is 2.76. The molecule has 0 amide bonds. The van der Waals surface area contributed by atoms with E-state index >= 15 is 0 Å². The van der Waals surface area contributed by atoms with Crippen LogP contribution in [0.1, 0.15) is 39.4 Å². The number of aromatic nitrogens is 4. The van der Waals surface area contributed by atoms with Gasteiger partial charge in [0.15, 0.2) is 5.82 Å². The van der Waals surface area contributed by atoms with Gasteiger partial charge in [-0.15, -0.1) is 5.10 Å². The fourth-order valence-electron chi connectivity index (χ4n) is 1.56. The summed E-state index contributed by atoms with van der Waals surface area (Å²) in [5.41, 5.74) is 0. The third-order valence-electron chi connectivity index (χ3n) is 2.45. The quantitative estimate of drug-likeness (QED) is 0.637. The topological polar surface area (TPSA) is 64.9 Å². The van der Waals surface area contributed by atoms with Crippen LogP contribution in [-0.2, 0) is 17.8 Å². The molecule has 1 rings (SSSR count). The largest absolute Gasteiger partial charge is 0.381 e. The lowest BCUT2D eigenvalue weighted by Crippen LogP contribution is -2.22. The van der Waals surface area contributed by atoms with Crippen molar-refractivity contribution in [1.82, 2.24) is 25.5 Å². The lowest BCUT2D eigenvalue weighted by molar-refractivity contribution is 0.128. The molecule has 0 saturated heterocycles. The van der Waals surface area contributed by atoms with Gasteiger partial charge in [0.2, 0.25) is 0 Å². The van der Waals surface area contributed by atoms with Crippen LogP contribution in [0.3, 0.4) is 0 Å². The van der Waals surface area contributed by atoms with E-state index in [-0.39, 0.29) is 0 Å². The lowest BCUT2D eigenvalue weighted by atomic mass is 10.2. The van der Waals surface area contributed by atoms with Gasteiger partial charge >= 0.3 is 0 Å². The van der Waals surface area contributed by atoms with Crippen molar-refractivity contribution in [3.63, 3.8) is 0 Å². The minimum atomic E-state index is 0.636. The van der Waals surface area contributed by atoms with Crippen LogP contribution in [-0.4, -0.2) is 40.0 Å². The van der Waals surface area contributed by atoms with Gasteiger partial charge in [0.25, 0.3) is 0 Å². The van der Waals surface area contributed by atoms with Gasteiger partial charge in [-0.05, 0) is 35.7 Å². The first kappa shape index (κ1) is 15.0. The summed E-state index contributed by atoms with van der Waals surface area (Å²) in [7, 11) is 0. The van der Waals surface area contributed by atoms with Crippen LogP contribution in [0.2, 0.25) is 0 Å². The van der Waals surface area contributed by atoms with Crippen molar-refractivity contribution in [2.75, 3.05) is 19.8 Å². The molecule has 0 saturated carbocycles. The smallest absolute Gasteiger partial charge is 0.165 e. The first-order valence-corrected chi connectivity index (χ1v) is 6.77. The minimum Gasteiger partial charge on any atom is -0.381 e. The summed E-state index contributed by atoms with van der Waals surface area (Å²) in [4.78, 5) is 0. The van der Waals surface area contributed by atoms with Crippen LogP contribution in [0.15, 0.2) is 0 Å². The molecule has 1 heterocycles. The molecular weight excluding hydrogens is 230 g/mol. The first-order chi connectivity index (χ1) is 8.74. The van der Waals surface area contributed by atoms with E-state index in [0.717, 1.165) is 51.5 Å². The van der Waals surface area contributed by atoms with E-state index in [4.69, 9.17) is 4.74 Å². The van der Waals surface area contributed by atoms with Crippen molar-refractivity contribution in [1.29, 1.82) is 0 Å². The Kier molecular flexibility index (Phi) is 7.52. The molecule has 0 fully saturated rings. The maximum absolute atomic E-state index is 5.44. The van der Waals surface area contributed by atoms with Gasteiger partial charge < -0.3 is 10.1 Å². The summed E-state index contributed by atoms with van der Waals surface area (Å²) in [6.45, 7) is 10.6. The van der Waals surface area contributed by atoms with Gasteiger partial charge in [0.1, 0.15) is 0 Å². The van der Waals surface area contributed by atoms with E-state index < -0.39 is 0 Å². The van der Waals surface area contributed by atoms with E-state index in [1.54, 1.807) is 0 Å². The Bertz CT molecular complexity index is 313. The van der Waals surface area contributed by atoms with Gasteiger partial charge in [-0.25, -0.2) is 4.68 Å². The number of ether oxygens (including phenoxy) is 1. The predicted molar refractivity (Wildman–Crippen MR) is 70.1 cm³/mol. The molecule has 0 aliphatic carbocycles. The van der Waals surface area contributed by atoms with E-state index in [1.165, 1.54) is 0 Å². The van der Waals surface area contributed by atoms with Gasteiger partial charge in [-0.1, -0.05) is 20.8 Å². The third-order valence-corrected chi connectivity index (χ3v) is 2.45. The third kappa shape index (κ3) is 6.07. The highest BCUT2D eigenvalue weighted by Crippen LogP contribution is 1.96. The Hall–Kier alpha value is -1.01. The first-order valence-electron chi connectivity index (χ1n) is 6.77. The number of aryl methyl sites for hydroxylation is 1. The van der Waals surface area contributed by atoms with Crippen LogP contribution in [0, 0.1) is 5.92 Å². The van der Waals surface area contributed by atoms with Crippen molar-refractivity contribution in [2.45, 2.75) is 46.7 Å². The van der Waals surface area contributed by atoms with E-state index in [9.17, 15) is 0 Å². The Labute approximate surface area is 109 Å². The van der Waals surface area contributed by atoms with Crippen molar-refractivity contribution in [3.8, 4) is 0 Å².